The highest BCUT2D eigenvalue weighted by molar-refractivity contribution is 6.31. The third-order valence-corrected chi connectivity index (χ3v) is 4.53. The van der Waals surface area contributed by atoms with Crippen LogP contribution in [0.15, 0.2) is 36.4 Å². The molecule has 0 aliphatic carbocycles. The molecule has 0 aliphatic heterocycles. The van der Waals surface area contributed by atoms with Gasteiger partial charge in [-0.15, -0.1) is 0 Å². The number of rotatable bonds is 6. The van der Waals surface area contributed by atoms with Crippen molar-refractivity contribution in [2.45, 2.75) is 40.7 Å². The van der Waals surface area contributed by atoms with Gasteiger partial charge in [-0.1, -0.05) is 62.2 Å². The summed E-state index contributed by atoms with van der Waals surface area (Å²) in [4.78, 5) is 25.1. The van der Waals surface area contributed by atoms with Crippen molar-refractivity contribution in [3.8, 4) is 0 Å². The third kappa shape index (κ3) is 6.51. The van der Waals surface area contributed by atoms with Crippen LogP contribution in [0.25, 0.3) is 0 Å². The predicted molar refractivity (Wildman–Crippen MR) is 115 cm³/mol. The van der Waals surface area contributed by atoms with Crippen molar-refractivity contribution in [1.29, 1.82) is 0 Å². The summed E-state index contributed by atoms with van der Waals surface area (Å²) in [7, 11) is 0. The fourth-order valence-corrected chi connectivity index (χ4v) is 3.16. The van der Waals surface area contributed by atoms with E-state index in [0.717, 1.165) is 5.56 Å². The molecular formula is C21H25Cl2N3O2. The maximum atomic E-state index is 12.7. The van der Waals surface area contributed by atoms with Gasteiger partial charge in [-0.2, -0.15) is 0 Å². The average Bonchev–Trinajstić information content (AvgIpc) is 2.57. The Labute approximate surface area is 175 Å². The number of aryl methyl sites for hydroxylation is 1. The maximum Gasteiger partial charge on any atom is 0.267 e. The minimum Gasteiger partial charge on any atom is -0.325 e. The molecule has 2 amide bonds. The van der Waals surface area contributed by atoms with Crippen LogP contribution >= 0.6 is 23.2 Å². The van der Waals surface area contributed by atoms with Gasteiger partial charge < -0.3 is 5.32 Å². The van der Waals surface area contributed by atoms with Crippen LogP contribution in [-0.2, 0) is 11.3 Å². The largest absolute Gasteiger partial charge is 0.325 e. The lowest BCUT2D eigenvalue weighted by atomic mass is 9.92. The molecule has 7 heteroatoms. The molecule has 150 valence electrons. The van der Waals surface area contributed by atoms with Crippen molar-refractivity contribution in [2.24, 2.45) is 5.41 Å². The highest BCUT2D eigenvalue weighted by Crippen LogP contribution is 2.27. The summed E-state index contributed by atoms with van der Waals surface area (Å²) in [5.74, 6) is -0.556. The predicted octanol–water partition coefficient (Wildman–Crippen LogP) is 5.11. The molecular weight excluding hydrogens is 397 g/mol. The van der Waals surface area contributed by atoms with Gasteiger partial charge in [0.1, 0.15) is 0 Å². The van der Waals surface area contributed by atoms with E-state index in [1.165, 1.54) is 6.07 Å². The van der Waals surface area contributed by atoms with E-state index in [0.29, 0.717) is 39.8 Å². The zero-order valence-electron chi connectivity index (χ0n) is 16.5. The van der Waals surface area contributed by atoms with Crippen molar-refractivity contribution >= 4 is 40.7 Å². The Morgan fingerprint density at radius 2 is 1.75 bits per heavy atom. The average molecular weight is 422 g/mol. The van der Waals surface area contributed by atoms with Gasteiger partial charge in [0.25, 0.3) is 5.91 Å². The van der Waals surface area contributed by atoms with Crippen LogP contribution in [0, 0.1) is 12.3 Å². The topological polar surface area (TPSA) is 70.2 Å². The number of carbonyl (C=O) groups is 2. The molecule has 2 aromatic carbocycles. The van der Waals surface area contributed by atoms with Crippen LogP contribution < -0.4 is 16.2 Å². The Morgan fingerprint density at radius 3 is 2.39 bits per heavy atom. The molecule has 0 fully saturated rings. The second-order valence-electron chi connectivity index (χ2n) is 7.83. The highest BCUT2D eigenvalue weighted by Gasteiger charge is 2.20. The maximum absolute atomic E-state index is 12.7. The van der Waals surface area contributed by atoms with E-state index in [1.54, 1.807) is 19.1 Å². The highest BCUT2D eigenvalue weighted by atomic mass is 35.5. The first kappa shape index (κ1) is 22.2. The van der Waals surface area contributed by atoms with Crippen molar-refractivity contribution in [3.63, 3.8) is 0 Å². The van der Waals surface area contributed by atoms with Gasteiger partial charge in [-0.3, -0.25) is 15.0 Å². The number of halogens is 2. The van der Waals surface area contributed by atoms with Gasteiger partial charge in [0.15, 0.2) is 0 Å². The number of nitrogens with one attached hydrogen (secondary N) is 3. The monoisotopic (exact) mass is 421 g/mol. The number of hydrogen-bond acceptors (Lipinski definition) is 3. The minimum absolute atomic E-state index is 0.156. The Hall–Kier alpha value is -2.08. The van der Waals surface area contributed by atoms with E-state index in [1.807, 2.05) is 39.0 Å². The van der Waals surface area contributed by atoms with Crippen molar-refractivity contribution in [3.05, 3.63) is 63.1 Å². The molecule has 0 radical (unpaired) electrons. The molecule has 28 heavy (non-hydrogen) atoms. The summed E-state index contributed by atoms with van der Waals surface area (Å²) in [5.41, 5.74) is 7.64. The molecule has 3 N–H and O–H groups in total. The lowest BCUT2D eigenvalue weighted by molar-refractivity contribution is -0.117. The summed E-state index contributed by atoms with van der Waals surface area (Å²) in [6, 6.07) is 10.6. The fraction of sp³-hybridized carbons (Fsp3) is 0.333. The number of benzene rings is 2. The van der Waals surface area contributed by atoms with Gasteiger partial charge in [0, 0.05) is 23.0 Å². The fourth-order valence-electron chi connectivity index (χ4n) is 2.68. The number of carbonyl (C=O) groups excluding carboxylic acids is 2. The zero-order valence-corrected chi connectivity index (χ0v) is 18.0. The molecule has 2 rings (SSSR count). The molecule has 5 nitrogen and oxygen atoms in total. The van der Waals surface area contributed by atoms with E-state index < -0.39 is 5.91 Å². The van der Waals surface area contributed by atoms with Gasteiger partial charge in [0.05, 0.1) is 11.3 Å². The first-order valence-corrected chi connectivity index (χ1v) is 9.69. The molecule has 0 aromatic heterocycles. The van der Waals surface area contributed by atoms with Crippen molar-refractivity contribution in [1.82, 2.24) is 10.9 Å². The van der Waals surface area contributed by atoms with Crippen LogP contribution in [0.1, 0.15) is 48.7 Å². The summed E-state index contributed by atoms with van der Waals surface area (Å²) in [6.45, 7) is 8.10. The van der Waals surface area contributed by atoms with Gasteiger partial charge >= 0.3 is 0 Å². The van der Waals surface area contributed by atoms with E-state index in [9.17, 15) is 9.59 Å². The van der Waals surface area contributed by atoms with Crippen LogP contribution in [0.3, 0.4) is 0 Å². The van der Waals surface area contributed by atoms with Crippen molar-refractivity contribution < 1.29 is 9.59 Å². The Bertz CT molecular complexity index is 876. The van der Waals surface area contributed by atoms with E-state index in [-0.39, 0.29) is 11.3 Å². The SMILES string of the molecule is Cc1cc(Cl)cc(C(=O)NNCc2ccccc2Cl)c1NC(=O)CC(C)(C)C. The number of anilines is 1. The molecule has 0 spiro atoms. The molecule has 0 saturated carbocycles. The first-order valence-electron chi connectivity index (χ1n) is 8.93. The van der Waals surface area contributed by atoms with Gasteiger partial charge in [-0.25, -0.2) is 5.43 Å². The number of hydrogen-bond donors (Lipinski definition) is 3. The van der Waals surface area contributed by atoms with Crippen LogP contribution in [0.4, 0.5) is 5.69 Å². The quantitative estimate of drug-likeness (QED) is 0.567. The normalized spacial score (nSPS) is 11.2. The Kier molecular flexibility index (Phi) is 7.47. The van der Waals surface area contributed by atoms with Crippen LogP contribution in [-0.4, -0.2) is 11.8 Å². The Balaban J connectivity index is 2.13. The molecule has 0 atom stereocenters. The Morgan fingerprint density at radius 1 is 1.07 bits per heavy atom. The van der Waals surface area contributed by atoms with Crippen LogP contribution in [0.2, 0.25) is 10.0 Å². The third-order valence-electron chi connectivity index (χ3n) is 3.94. The van der Waals surface area contributed by atoms with E-state index in [4.69, 9.17) is 23.2 Å². The summed E-state index contributed by atoms with van der Waals surface area (Å²) >= 11 is 12.2. The molecule has 0 aliphatic rings. The smallest absolute Gasteiger partial charge is 0.267 e. The summed E-state index contributed by atoms with van der Waals surface area (Å²) in [6.07, 6.45) is 0.334. The number of amides is 2. The standard InChI is InChI=1S/C21H25Cl2N3O2/c1-13-9-15(22)10-16(19(13)25-18(27)11-21(2,3)4)20(28)26-24-12-14-7-5-6-8-17(14)23/h5-10,24H,11-12H2,1-4H3,(H,25,27)(H,26,28). The summed E-state index contributed by atoms with van der Waals surface area (Å²) < 4.78 is 0. The lowest BCUT2D eigenvalue weighted by Crippen LogP contribution is -2.37. The minimum atomic E-state index is -0.399. The molecule has 0 unspecified atom stereocenters. The molecule has 0 heterocycles. The summed E-state index contributed by atoms with van der Waals surface area (Å²) in [5, 5.41) is 3.88. The van der Waals surface area contributed by atoms with Crippen LogP contribution in [0.5, 0.6) is 0 Å². The molecule has 0 bridgehead atoms. The van der Waals surface area contributed by atoms with E-state index in [2.05, 4.69) is 16.2 Å². The lowest BCUT2D eigenvalue weighted by Gasteiger charge is -2.19. The van der Waals surface area contributed by atoms with Crippen molar-refractivity contribution in [2.75, 3.05) is 5.32 Å². The van der Waals surface area contributed by atoms with Gasteiger partial charge in [-0.05, 0) is 41.7 Å². The second-order valence-corrected chi connectivity index (χ2v) is 8.67. The van der Waals surface area contributed by atoms with Gasteiger partial charge in [0.2, 0.25) is 5.91 Å². The first-order chi connectivity index (χ1) is 13.1. The van der Waals surface area contributed by atoms with E-state index >= 15 is 0 Å². The molecule has 2 aromatic rings. The molecule has 0 saturated heterocycles. The number of hydrazine groups is 1. The zero-order chi connectivity index (χ0) is 20.9. The second kappa shape index (κ2) is 9.41.